The van der Waals surface area contributed by atoms with Crippen LogP contribution in [-0.2, 0) is 11.2 Å². The zero-order valence-electron chi connectivity index (χ0n) is 16.9. The van der Waals surface area contributed by atoms with E-state index in [1.807, 2.05) is 33.8 Å². The highest BCUT2D eigenvalue weighted by atomic mass is 19.3. The summed E-state index contributed by atoms with van der Waals surface area (Å²) >= 11 is 0. The number of nitrogens with two attached hydrogens (primary N) is 1. The second-order valence-electron chi connectivity index (χ2n) is 7.36. The average Bonchev–Trinajstić information content (AvgIpc) is 2.59. The first-order valence-corrected chi connectivity index (χ1v) is 9.12. The van der Waals surface area contributed by atoms with Crippen LogP contribution in [0.15, 0.2) is 47.3 Å². The van der Waals surface area contributed by atoms with Gasteiger partial charge in [0.2, 0.25) is 0 Å². The Morgan fingerprint density at radius 2 is 2.11 bits per heavy atom. The largest absolute Gasteiger partial charge is 0.492 e. The number of aromatic nitrogens is 1. The number of aliphatic imine (C=N–C) groups is 1. The Hall–Kier alpha value is -2.08. The molecule has 150 valence electrons. The number of halogens is 2. The molecule has 27 heavy (non-hydrogen) atoms. The van der Waals surface area contributed by atoms with Gasteiger partial charge in [0.1, 0.15) is 12.4 Å². The summed E-state index contributed by atoms with van der Waals surface area (Å²) in [6.45, 7) is 11.7. The van der Waals surface area contributed by atoms with Crippen LogP contribution in [0.5, 0.6) is 0 Å². The van der Waals surface area contributed by atoms with Gasteiger partial charge in [-0.2, -0.15) is 0 Å². The Morgan fingerprint density at radius 1 is 1.44 bits per heavy atom. The fourth-order valence-corrected chi connectivity index (χ4v) is 2.85. The first-order chi connectivity index (χ1) is 12.6. The summed E-state index contributed by atoms with van der Waals surface area (Å²) in [5.74, 6) is 0.289. The van der Waals surface area contributed by atoms with E-state index in [2.05, 4.69) is 16.6 Å². The first kappa shape index (κ1) is 23.0. The fraction of sp³-hybridized carbons (Fsp3) is 0.524. The second-order valence-corrected chi connectivity index (χ2v) is 7.36. The average molecular weight is 379 g/mol. The van der Waals surface area contributed by atoms with Gasteiger partial charge in [-0.15, -0.1) is 0 Å². The lowest BCUT2D eigenvalue weighted by Gasteiger charge is -2.27. The summed E-state index contributed by atoms with van der Waals surface area (Å²) in [5, 5.41) is 0. The number of aryl methyl sites for hydroxylation is 1. The third-order valence-electron chi connectivity index (χ3n) is 4.02. The van der Waals surface area contributed by atoms with Gasteiger partial charge in [-0.1, -0.05) is 27.4 Å². The van der Waals surface area contributed by atoms with Gasteiger partial charge < -0.3 is 10.5 Å². The van der Waals surface area contributed by atoms with Gasteiger partial charge in [0.05, 0.1) is 11.3 Å². The van der Waals surface area contributed by atoms with E-state index in [0.29, 0.717) is 18.1 Å². The molecule has 6 heteroatoms. The van der Waals surface area contributed by atoms with Crippen LogP contribution in [0.4, 0.5) is 8.78 Å². The summed E-state index contributed by atoms with van der Waals surface area (Å²) in [7, 11) is 1.56. The number of allylic oxidation sites excluding steroid dienone is 2. The molecule has 1 aromatic heterocycles. The summed E-state index contributed by atoms with van der Waals surface area (Å²) < 4.78 is 32.8. The van der Waals surface area contributed by atoms with Crippen LogP contribution in [0, 0.1) is 5.92 Å². The number of ether oxygens (including phenoxy) is 1. The molecule has 2 N–H and O–H groups in total. The molecule has 1 aromatic rings. The molecule has 4 nitrogen and oxygen atoms in total. The van der Waals surface area contributed by atoms with E-state index in [9.17, 15) is 8.78 Å². The Labute approximate surface area is 161 Å². The molecule has 0 aliphatic heterocycles. The molecule has 0 aromatic carbocycles. The van der Waals surface area contributed by atoms with Crippen molar-refractivity contribution in [2.24, 2.45) is 16.6 Å². The SMILES string of the molecule is C=C(OCC(C)(N)CC(C)C)/C(=C\C(=NC)c1ccnc(CC)c1)C(F)F. The van der Waals surface area contributed by atoms with Crippen molar-refractivity contribution in [3.8, 4) is 0 Å². The molecule has 0 spiro atoms. The molecule has 1 unspecified atom stereocenters. The van der Waals surface area contributed by atoms with E-state index >= 15 is 0 Å². The molecule has 0 radical (unpaired) electrons. The van der Waals surface area contributed by atoms with E-state index in [0.717, 1.165) is 17.7 Å². The van der Waals surface area contributed by atoms with Gasteiger partial charge in [0, 0.05) is 30.0 Å². The lowest BCUT2D eigenvalue weighted by atomic mass is 9.93. The van der Waals surface area contributed by atoms with Crippen molar-refractivity contribution < 1.29 is 13.5 Å². The third kappa shape index (κ3) is 7.59. The highest BCUT2D eigenvalue weighted by Crippen LogP contribution is 2.22. The zero-order chi connectivity index (χ0) is 20.6. The van der Waals surface area contributed by atoms with Crippen molar-refractivity contribution in [2.45, 2.75) is 52.5 Å². The normalized spacial score (nSPS) is 15.2. The van der Waals surface area contributed by atoms with Gasteiger partial charge in [-0.05, 0) is 43.9 Å². The first-order valence-electron chi connectivity index (χ1n) is 9.12. The fourth-order valence-electron chi connectivity index (χ4n) is 2.85. The summed E-state index contributed by atoms with van der Waals surface area (Å²) in [6, 6.07) is 3.58. The number of hydrogen-bond donors (Lipinski definition) is 1. The maximum atomic E-state index is 13.6. The summed E-state index contributed by atoms with van der Waals surface area (Å²) in [6.07, 6.45) is 1.68. The van der Waals surface area contributed by atoms with Crippen molar-refractivity contribution in [1.29, 1.82) is 0 Å². The minimum Gasteiger partial charge on any atom is -0.492 e. The Balaban J connectivity index is 3.02. The van der Waals surface area contributed by atoms with Crippen LogP contribution in [0.3, 0.4) is 0 Å². The van der Waals surface area contributed by atoms with Gasteiger partial charge >= 0.3 is 0 Å². The molecule has 0 bridgehead atoms. The van der Waals surface area contributed by atoms with E-state index in [-0.39, 0.29) is 17.9 Å². The molecule has 0 aliphatic carbocycles. The van der Waals surface area contributed by atoms with Crippen molar-refractivity contribution in [2.75, 3.05) is 13.7 Å². The lowest BCUT2D eigenvalue weighted by Crippen LogP contribution is -2.42. The predicted molar refractivity (Wildman–Crippen MR) is 107 cm³/mol. The van der Waals surface area contributed by atoms with Crippen molar-refractivity contribution in [3.63, 3.8) is 0 Å². The minimum atomic E-state index is -2.74. The molecule has 0 saturated carbocycles. The maximum Gasteiger partial charge on any atom is 0.267 e. The second kappa shape index (κ2) is 10.3. The van der Waals surface area contributed by atoms with Crippen molar-refractivity contribution >= 4 is 5.71 Å². The van der Waals surface area contributed by atoms with E-state index in [4.69, 9.17) is 10.5 Å². The van der Waals surface area contributed by atoms with Crippen LogP contribution in [0.2, 0.25) is 0 Å². The lowest BCUT2D eigenvalue weighted by molar-refractivity contribution is 0.124. The monoisotopic (exact) mass is 379 g/mol. The molecule has 1 atom stereocenters. The molecule has 0 amide bonds. The molecule has 0 aliphatic rings. The topological polar surface area (TPSA) is 60.5 Å². The van der Waals surface area contributed by atoms with Gasteiger partial charge in [-0.3, -0.25) is 9.98 Å². The smallest absolute Gasteiger partial charge is 0.267 e. The van der Waals surface area contributed by atoms with E-state index in [1.54, 1.807) is 19.3 Å². The van der Waals surface area contributed by atoms with Crippen molar-refractivity contribution in [1.82, 2.24) is 4.98 Å². The van der Waals surface area contributed by atoms with E-state index < -0.39 is 12.0 Å². The zero-order valence-corrected chi connectivity index (χ0v) is 16.9. The molecule has 1 heterocycles. The Kier molecular flexibility index (Phi) is 8.76. The molecular formula is C21H31F2N3O. The van der Waals surface area contributed by atoms with Crippen LogP contribution in [0.25, 0.3) is 0 Å². The quantitative estimate of drug-likeness (QED) is 0.369. The number of alkyl halides is 2. The highest BCUT2D eigenvalue weighted by molar-refractivity contribution is 6.09. The minimum absolute atomic E-state index is 0.0867. The van der Waals surface area contributed by atoms with Gasteiger partial charge in [-0.25, -0.2) is 8.78 Å². The number of nitrogens with zero attached hydrogens (tertiary/aromatic N) is 2. The molecule has 0 saturated heterocycles. The number of pyridine rings is 1. The molecule has 0 fully saturated rings. The summed E-state index contributed by atoms with van der Waals surface area (Å²) in [5.41, 5.74) is 7.28. The molecule has 1 rings (SSSR count). The van der Waals surface area contributed by atoms with Gasteiger partial charge in [0.25, 0.3) is 6.43 Å². The Morgan fingerprint density at radius 3 is 2.63 bits per heavy atom. The van der Waals surface area contributed by atoms with Crippen molar-refractivity contribution in [3.05, 3.63) is 53.6 Å². The van der Waals surface area contributed by atoms with Crippen LogP contribution < -0.4 is 5.73 Å². The highest BCUT2D eigenvalue weighted by Gasteiger charge is 2.24. The van der Waals surface area contributed by atoms with Gasteiger partial charge in [0.15, 0.2) is 0 Å². The van der Waals surface area contributed by atoms with E-state index in [1.165, 1.54) is 6.08 Å². The predicted octanol–water partition coefficient (Wildman–Crippen LogP) is 4.55. The third-order valence-corrected chi connectivity index (χ3v) is 4.02. The van der Waals surface area contributed by atoms with Crippen LogP contribution in [-0.4, -0.2) is 36.3 Å². The Bertz CT molecular complexity index is 694. The maximum absolute atomic E-state index is 13.6. The summed E-state index contributed by atoms with van der Waals surface area (Å²) in [4.78, 5) is 8.37. The van der Waals surface area contributed by atoms with Crippen LogP contribution >= 0.6 is 0 Å². The number of hydrogen-bond acceptors (Lipinski definition) is 4. The van der Waals surface area contributed by atoms with Crippen LogP contribution in [0.1, 0.15) is 45.4 Å². The standard InChI is InChI=1S/C21H31F2N3O/c1-7-17-10-16(8-9-26-17)19(25-6)11-18(20(22)23)15(4)27-13-21(5,24)12-14(2)3/h8-11,14,20H,4,7,12-13,24H2,1-3,5-6H3/b18-11+,25-19?. The number of rotatable bonds is 10. The molecular weight excluding hydrogens is 348 g/mol.